The fraction of sp³-hybridized carbons (Fsp3) is 0.333. The first kappa shape index (κ1) is 14.3. The number of anilines is 1. The minimum atomic E-state index is -3.54. The average Bonchev–Trinajstić information content (AvgIpc) is 2.96. The van der Waals surface area contributed by atoms with Gasteiger partial charge in [0.2, 0.25) is 10.0 Å². The lowest BCUT2D eigenvalue weighted by Crippen LogP contribution is -2.29. The SMILES string of the molecule is Nc1ccc2c(S(=O)(=O)N3CCC(CO)C3)cccc2c1. The summed E-state index contributed by atoms with van der Waals surface area (Å²) in [5.41, 5.74) is 6.36. The van der Waals surface area contributed by atoms with Gasteiger partial charge in [-0.05, 0) is 35.9 Å². The number of rotatable bonds is 3. The van der Waals surface area contributed by atoms with Crippen LogP contribution in [0.1, 0.15) is 6.42 Å². The van der Waals surface area contributed by atoms with Crippen LogP contribution in [-0.4, -0.2) is 37.5 Å². The largest absolute Gasteiger partial charge is 0.399 e. The number of aliphatic hydroxyl groups is 1. The van der Waals surface area contributed by atoms with Crippen molar-refractivity contribution in [3.63, 3.8) is 0 Å². The van der Waals surface area contributed by atoms with Crippen LogP contribution in [0.2, 0.25) is 0 Å². The molecule has 2 aromatic carbocycles. The molecule has 2 aromatic rings. The summed E-state index contributed by atoms with van der Waals surface area (Å²) in [5.74, 6) is 0.0328. The molecule has 1 aliphatic heterocycles. The molecule has 1 heterocycles. The van der Waals surface area contributed by atoms with Crippen molar-refractivity contribution >= 4 is 26.5 Å². The number of hydrogen-bond acceptors (Lipinski definition) is 4. The van der Waals surface area contributed by atoms with Crippen molar-refractivity contribution in [1.82, 2.24) is 4.31 Å². The van der Waals surface area contributed by atoms with Gasteiger partial charge < -0.3 is 10.8 Å². The van der Waals surface area contributed by atoms with Crippen molar-refractivity contribution in [2.45, 2.75) is 11.3 Å². The summed E-state index contributed by atoms with van der Waals surface area (Å²) in [4.78, 5) is 0.304. The molecule has 3 N–H and O–H groups in total. The number of nitrogens with zero attached hydrogens (tertiary/aromatic N) is 1. The fourth-order valence-electron chi connectivity index (χ4n) is 2.80. The first-order valence-electron chi connectivity index (χ1n) is 6.91. The van der Waals surface area contributed by atoms with Crippen LogP contribution in [0, 0.1) is 5.92 Å². The van der Waals surface area contributed by atoms with E-state index in [4.69, 9.17) is 5.73 Å². The van der Waals surface area contributed by atoms with Gasteiger partial charge in [0.05, 0.1) is 4.90 Å². The lowest BCUT2D eigenvalue weighted by molar-refractivity contribution is 0.233. The van der Waals surface area contributed by atoms with Gasteiger partial charge in [0.25, 0.3) is 0 Å². The number of nitrogen functional groups attached to an aromatic ring is 1. The van der Waals surface area contributed by atoms with Gasteiger partial charge in [-0.1, -0.05) is 18.2 Å². The van der Waals surface area contributed by atoms with E-state index in [9.17, 15) is 13.5 Å². The number of benzene rings is 2. The molecule has 6 heteroatoms. The Morgan fingerprint density at radius 1 is 1.29 bits per heavy atom. The Morgan fingerprint density at radius 3 is 2.81 bits per heavy atom. The number of nitrogens with two attached hydrogens (primary N) is 1. The van der Waals surface area contributed by atoms with Crippen LogP contribution in [0.5, 0.6) is 0 Å². The Bertz CT molecular complexity index is 774. The summed E-state index contributed by atoms with van der Waals surface area (Å²) in [7, 11) is -3.54. The first-order chi connectivity index (χ1) is 10.0. The maximum Gasteiger partial charge on any atom is 0.243 e. The molecule has 1 saturated heterocycles. The van der Waals surface area contributed by atoms with Crippen LogP contribution >= 0.6 is 0 Å². The highest BCUT2D eigenvalue weighted by atomic mass is 32.2. The average molecular weight is 306 g/mol. The highest BCUT2D eigenvalue weighted by molar-refractivity contribution is 7.89. The van der Waals surface area contributed by atoms with E-state index in [1.54, 1.807) is 30.3 Å². The molecule has 0 spiro atoms. The Balaban J connectivity index is 2.07. The maximum atomic E-state index is 12.8. The summed E-state index contributed by atoms with van der Waals surface area (Å²) in [6.45, 7) is 0.862. The van der Waals surface area contributed by atoms with Crippen LogP contribution in [0.4, 0.5) is 5.69 Å². The third-order valence-electron chi connectivity index (χ3n) is 3.99. The molecule has 1 aliphatic rings. The van der Waals surface area contributed by atoms with Crippen molar-refractivity contribution in [3.05, 3.63) is 36.4 Å². The van der Waals surface area contributed by atoms with Gasteiger partial charge >= 0.3 is 0 Å². The minimum Gasteiger partial charge on any atom is -0.399 e. The summed E-state index contributed by atoms with van der Waals surface area (Å²) in [5, 5.41) is 10.7. The standard InChI is InChI=1S/C15H18N2O3S/c16-13-4-5-14-12(8-13)2-1-3-15(14)21(19,20)17-7-6-11(9-17)10-18/h1-5,8,11,18H,6-7,9-10,16H2. The van der Waals surface area contributed by atoms with Crippen molar-refractivity contribution in [3.8, 4) is 0 Å². The van der Waals surface area contributed by atoms with Crippen LogP contribution in [0.3, 0.4) is 0 Å². The zero-order chi connectivity index (χ0) is 15.0. The van der Waals surface area contributed by atoms with Gasteiger partial charge in [-0.25, -0.2) is 8.42 Å². The molecule has 112 valence electrons. The molecule has 0 saturated carbocycles. The molecule has 1 unspecified atom stereocenters. The summed E-state index contributed by atoms with van der Waals surface area (Å²) in [6.07, 6.45) is 0.702. The second-order valence-corrected chi connectivity index (χ2v) is 7.34. The van der Waals surface area contributed by atoms with Gasteiger partial charge in [0.15, 0.2) is 0 Å². The van der Waals surface area contributed by atoms with Crippen molar-refractivity contribution < 1.29 is 13.5 Å². The summed E-state index contributed by atoms with van der Waals surface area (Å²) < 4.78 is 27.1. The third kappa shape index (κ3) is 2.50. The van der Waals surface area contributed by atoms with E-state index < -0.39 is 10.0 Å². The molecule has 1 atom stereocenters. The number of fused-ring (bicyclic) bond motifs is 1. The zero-order valence-electron chi connectivity index (χ0n) is 11.6. The molecule has 0 bridgehead atoms. The number of sulfonamides is 1. The minimum absolute atomic E-state index is 0.0259. The summed E-state index contributed by atoms with van der Waals surface area (Å²) >= 11 is 0. The third-order valence-corrected chi connectivity index (χ3v) is 5.91. The Kier molecular flexibility index (Phi) is 3.61. The van der Waals surface area contributed by atoms with Crippen molar-refractivity contribution in [1.29, 1.82) is 0 Å². The van der Waals surface area contributed by atoms with Crippen LogP contribution < -0.4 is 5.73 Å². The quantitative estimate of drug-likeness (QED) is 0.840. The lowest BCUT2D eigenvalue weighted by atomic mass is 10.1. The second-order valence-electron chi connectivity index (χ2n) is 5.44. The molecule has 0 aliphatic carbocycles. The van der Waals surface area contributed by atoms with Gasteiger partial charge in [0, 0.05) is 30.8 Å². The highest BCUT2D eigenvalue weighted by Gasteiger charge is 2.32. The lowest BCUT2D eigenvalue weighted by Gasteiger charge is -2.17. The molecular formula is C15H18N2O3S. The molecule has 5 nitrogen and oxygen atoms in total. The van der Waals surface area contributed by atoms with E-state index in [0.29, 0.717) is 35.5 Å². The van der Waals surface area contributed by atoms with Gasteiger partial charge in [0.1, 0.15) is 0 Å². The Hall–Kier alpha value is -1.63. The van der Waals surface area contributed by atoms with E-state index in [1.807, 2.05) is 6.07 Å². The van der Waals surface area contributed by atoms with Gasteiger partial charge in [-0.15, -0.1) is 0 Å². The van der Waals surface area contributed by atoms with Crippen LogP contribution in [0.25, 0.3) is 10.8 Å². The van der Waals surface area contributed by atoms with E-state index >= 15 is 0 Å². The van der Waals surface area contributed by atoms with Crippen LogP contribution in [-0.2, 0) is 10.0 Å². The molecular weight excluding hydrogens is 288 g/mol. The first-order valence-corrected chi connectivity index (χ1v) is 8.35. The molecule has 0 aromatic heterocycles. The zero-order valence-corrected chi connectivity index (χ0v) is 12.4. The molecule has 1 fully saturated rings. The topological polar surface area (TPSA) is 83.6 Å². The molecule has 21 heavy (non-hydrogen) atoms. The number of aliphatic hydroxyl groups excluding tert-OH is 1. The monoisotopic (exact) mass is 306 g/mol. The van der Waals surface area contributed by atoms with E-state index in [0.717, 1.165) is 5.39 Å². The molecule has 3 rings (SSSR count). The van der Waals surface area contributed by atoms with Gasteiger partial charge in [-0.3, -0.25) is 0 Å². The highest BCUT2D eigenvalue weighted by Crippen LogP contribution is 2.30. The van der Waals surface area contributed by atoms with E-state index in [-0.39, 0.29) is 12.5 Å². The van der Waals surface area contributed by atoms with Crippen molar-refractivity contribution in [2.24, 2.45) is 5.92 Å². The smallest absolute Gasteiger partial charge is 0.243 e. The predicted octanol–water partition coefficient (Wildman–Crippen LogP) is 1.42. The second kappa shape index (κ2) is 5.29. The van der Waals surface area contributed by atoms with Crippen molar-refractivity contribution in [2.75, 3.05) is 25.4 Å². The molecule has 0 radical (unpaired) electrons. The maximum absolute atomic E-state index is 12.8. The summed E-state index contributed by atoms with van der Waals surface area (Å²) in [6, 6.07) is 10.4. The normalized spacial score (nSPS) is 20.1. The van der Waals surface area contributed by atoms with Gasteiger partial charge in [-0.2, -0.15) is 4.31 Å². The fourth-order valence-corrected chi connectivity index (χ4v) is 4.55. The van der Waals surface area contributed by atoms with Crippen LogP contribution in [0.15, 0.2) is 41.3 Å². The Morgan fingerprint density at radius 2 is 2.10 bits per heavy atom. The molecule has 0 amide bonds. The van der Waals surface area contributed by atoms with E-state index in [2.05, 4.69) is 0 Å². The predicted molar refractivity (Wildman–Crippen MR) is 82.3 cm³/mol. The Labute approximate surface area is 124 Å². The number of hydrogen-bond donors (Lipinski definition) is 2. The van der Waals surface area contributed by atoms with E-state index in [1.165, 1.54) is 4.31 Å².